The van der Waals surface area contributed by atoms with E-state index in [-0.39, 0.29) is 17.8 Å². The summed E-state index contributed by atoms with van der Waals surface area (Å²) in [5.74, 6) is -0.814. The lowest BCUT2D eigenvalue weighted by Crippen LogP contribution is -2.26. The SMILES string of the molecule is Cc1nn(C(C)CCNC(=O)c2nc(-c3ccc(C(F)(F)F)cc3)no2)c(C)c1Cl. The normalized spacial score (nSPS) is 12.8. The molecule has 11 heteroatoms. The van der Waals surface area contributed by atoms with E-state index in [0.29, 0.717) is 23.6 Å². The summed E-state index contributed by atoms with van der Waals surface area (Å²) in [6.07, 6.45) is -3.85. The molecule has 3 aromatic rings. The molecular weight excluding hydrogens is 423 g/mol. The van der Waals surface area contributed by atoms with Crippen molar-refractivity contribution in [2.45, 2.75) is 39.4 Å². The van der Waals surface area contributed by atoms with E-state index in [0.717, 1.165) is 23.5 Å². The van der Waals surface area contributed by atoms with Crippen LogP contribution in [-0.4, -0.2) is 32.4 Å². The van der Waals surface area contributed by atoms with Crippen LogP contribution in [0.2, 0.25) is 5.02 Å². The van der Waals surface area contributed by atoms with Crippen LogP contribution in [0.1, 0.15) is 47.0 Å². The quantitative estimate of drug-likeness (QED) is 0.604. The zero-order chi connectivity index (χ0) is 22.1. The lowest BCUT2D eigenvalue weighted by molar-refractivity contribution is -0.137. The number of aromatic nitrogens is 4. The third kappa shape index (κ3) is 4.64. The van der Waals surface area contributed by atoms with E-state index >= 15 is 0 Å². The van der Waals surface area contributed by atoms with Crippen molar-refractivity contribution in [3.05, 3.63) is 52.1 Å². The van der Waals surface area contributed by atoms with Crippen molar-refractivity contribution < 1.29 is 22.5 Å². The minimum atomic E-state index is -4.43. The number of alkyl halides is 3. The standard InChI is InChI=1S/C19H19ClF3N5O2/c1-10(28-12(3)15(20)11(2)26-28)8-9-24-17(29)18-25-16(27-30-18)13-4-6-14(7-5-13)19(21,22)23/h4-7,10H,8-9H2,1-3H3,(H,24,29). The van der Waals surface area contributed by atoms with Gasteiger partial charge in [-0.1, -0.05) is 28.9 Å². The summed E-state index contributed by atoms with van der Waals surface area (Å²) in [7, 11) is 0. The van der Waals surface area contributed by atoms with Crippen molar-refractivity contribution in [2.24, 2.45) is 0 Å². The monoisotopic (exact) mass is 441 g/mol. The predicted molar refractivity (Wildman–Crippen MR) is 103 cm³/mol. The summed E-state index contributed by atoms with van der Waals surface area (Å²) in [6.45, 7) is 5.98. The molecule has 0 aliphatic carbocycles. The molecule has 1 aromatic carbocycles. The molecule has 2 aromatic heterocycles. The Kier molecular flexibility index (Phi) is 6.16. The second-order valence-corrected chi connectivity index (χ2v) is 7.20. The Morgan fingerprint density at radius 2 is 1.93 bits per heavy atom. The van der Waals surface area contributed by atoms with Gasteiger partial charge in [-0.15, -0.1) is 0 Å². The van der Waals surface area contributed by atoms with Gasteiger partial charge in [-0.2, -0.15) is 23.3 Å². The largest absolute Gasteiger partial charge is 0.416 e. The molecule has 1 N–H and O–H groups in total. The van der Waals surface area contributed by atoms with E-state index in [1.807, 2.05) is 20.8 Å². The van der Waals surface area contributed by atoms with Crippen LogP contribution in [-0.2, 0) is 6.18 Å². The number of hydrogen-bond acceptors (Lipinski definition) is 5. The molecular formula is C19H19ClF3N5O2. The first-order valence-corrected chi connectivity index (χ1v) is 9.46. The Balaban J connectivity index is 1.58. The Bertz CT molecular complexity index is 1040. The van der Waals surface area contributed by atoms with Crippen LogP contribution in [0.3, 0.4) is 0 Å². The first-order valence-electron chi connectivity index (χ1n) is 9.08. The maximum atomic E-state index is 12.6. The molecule has 0 aliphatic heterocycles. The molecule has 3 rings (SSSR count). The van der Waals surface area contributed by atoms with Gasteiger partial charge in [-0.3, -0.25) is 9.48 Å². The number of halogens is 4. The van der Waals surface area contributed by atoms with E-state index in [2.05, 4.69) is 20.6 Å². The van der Waals surface area contributed by atoms with Gasteiger partial charge in [0.2, 0.25) is 5.82 Å². The minimum absolute atomic E-state index is 0.00175. The van der Waals surface area contributed by atoms with Gasteiger partial charge in [0.05, 0.1) is 28.0 Å². The minimum Gasteiger partial charge on any atom is -0.348 e. The van der Waals surface area contributed by atoms with Gasteiger partial charge >= 0.3 is 18.0 Å². The molecule has 0 spiro atoms. The van der Waals surface area contributed by atoms with E-state index in [4.69, 9.17) is 16.1 Å². The fourth-order valence-electron chi connectivity index (χ4n) is 2.91. The topological polar surface area (TPSA) is 85.8 Å². The van der Waals surface area contributed by atoms with Crippen molar-refractivity contribution >= 4 is 17.5 Å². The highest BCUT2D eigenvalue weighted by atomic mass is 35.5. The molecule has 7 nitrogen and oxygen atoms in total. The molecule has 0 fully saturated rings. The Hall–Kier alpha value is -2.88. The second kappa shape index (κ2) is 8.47. The number of nitrogens with one attached hydrogen (secondary N) is 1. The van der Waals surface area contributed by atoms with Crippen molar-refractivity contribution in [1.82, 2.24) is 25.2 Å². The number of carbonyl (C=O) groups is 1. The molecule has 0 radical (unpaired) electrons. The van der Waals surface area contributed by atoms with Crippen LogP contribution >= 0.6 is 11.6 Å². The van der Waals surface area contributed by atoms with Crippen LogP contribution in [0.15, 0.2) is 28.8 Å². The van der Waals surface area contributed by atoms with Crippen LogP contribution in [0.4, 0.5) is 13.2 Å². The van der Waals surface area contributed by atoms with Gasteiger partial charge in [0.15, 0.2) is 0 Å². The van der Waals surface area contributed by atoms with Crippen LogP contribution in [0.25, 0.3) is 11.4 Å². The number of aryl methyl sites for hydroxylation is 1. The highest BCUT2D eigenvalue weighted by Crippen LogP contribution is 2.30. The average Bonchev–Trinajstić information content (AvgIpc) is 3.29. The first kappa shape index (κ1) is 21.8. The van der Waals surface area contributed by atoms with Gasteiger partial charge in [0.1, 0.15) is 0 Å². The highest BCUT2D eigenvalue weighted by molar-refractivity contribution is 6.31. The highest BCUT2D eigenvalue weighted by Gasteiger charge is 2.30. The van der Waals surface area contributed by atoms with Gasteiger partial charge in [0.25, 0.3) is 0 Å². The fourth-order valence-corrected chi connectivity index (χ4v) is 3.03. The zero-order valence-electron chi connectivity index (χ0n) is 16.4. The van der Waals surface area contributed by atoms with E-state index < -0.39 is 17.6 Å². The summed E-state index contributed by atoms with van der Waals surface area (Å²) in [4.78, 5) is 16.2. The smallest absolute Gasteiger partial charge is 0.348 e. The van der Waals surface area contributed by atoms with Crippen LogP contribution < -0.4 is 5.32 Å². The summed E-state index contributed by atoms with van der Waals surface area (Å²) in [6, 6.07) is 4.27. The van der Waals surface area contributed by atoms with Crippen molar-refractivity contribution in [3.63, 3.8) is 0 Å². The molecule has 0 saturated carbocycles. The summed E-state index contributed by atoms with van der Waals surface area (Å²) in [5.41, 5.74) is 1.12. The molecule has 0 aliphatic rings. The van der Waals surface area contributed by atoms with E-state index in [1.165, 1.54) is 12.1 Å². The number of benzene rings is 1. The summed E-state index contributed by atoms with van der Waals surface area (Å²) in [5, 5.41) is 11.3. The molecule has 2 heterocycles. The number of nitrogens with zero attached hydrogens (tertiary/aromatic N) is 4. The molecule has 30 heavy (non-hydrogen) atoms. The molecule has 1 unspecified atom stereocenters. The van der Waals surface area contributed by atoms with Crippen LogP contribution in [0, 0.1) is 13.8 Å². The van der Waals surface area contributed by atoms with Crippen molar-refractivity contribution in [2.75, 3.05) is 6.54 Å². The zero-order valence-corrected chi connectivity index (χ0v) is 17.2. The predicted octanol–water partition coefficient (Wildman–Crippen LogP) is 4.60. The Morgan fingerprint density at radius 1 is 1.27 bits per heavy atom. The molecule has 0 bridgehead atoms. The van der Waals surface area contributed by atoms with Crippen molar-refractivity contribution in [3.8, 4) is 11.4 Å². The van der Waals surface area contributed by atoms with E-state index in [1.54, 1.807) is 4.68 Å². The second-order valence-electron chi connectivity index (χ2n) is 6.82. The van der Waals surface area contributed by atoms with Gasteiger partial charge < -0.3 is 9.84 Å². The Morgan fingerprint density at radius 3 is 2.50 bits per heavy atom. The fraction of sp³-hybridized carbons (Fsp3) is 0.368. The van der Waals surface area contributed by atoms with E-state index in [9.17, 15) is 18.0 Å². The number of carbonyl (C=O) groups excluding carboxylic acids is 1. The van der Waals surface area contributed by atoms with Gasteiger partial charge in [0, 0.05) is 12.1 Å². The van der Waals surface area contributed by atoms with Gasteiger partial charge in [-0.05, 0) is 39.3 Å². The number of rotatable bonds is 6. The van der Waals surface area contributed by atoms with Gasteiger partial charge in [-0.25, -0.2) is 0 Å². The lowest BCUT2D eigenvalue weighted by Gasteiger charge is -2.14. The maximum absolute atomic E-state index is 12.6. The average molecular weight is 442 g/mol. The third-order valence-electron chi connectivity index (χ3n) is 4.59. The van der Waals surface area contributed by atoms with Crippen LogP contribution in [0.5, 0.6) is 0 Å². The molecule has 1 amide bonds. The Labute approximate surface area is 175 Å². The van der Waals surface area contributed by atoms with Crippen molar-refractivity contribution in [1.29, 1.82) is 0 Å². The number of amides is 1. The molecule has 1 atom stereocenters. The number of hydrogen-bond donors (Lipinski definition) is 1. The lowest BCUT2D eigenvalue weighted by atomic mass is 10.1. The summed E-state index contributed by atoms with van der Waals surface area (Å²) >= 11 is 6.15. The molecule has 0 saturated heterocycles. The first-order chi connectivity index (χ1) is 14.1. The molecule has 160 valence electrons. The third-order valence-corrected chi connectivity index (χ3v) is 5.14. The maximum Gasteiger partial charge on any atom is 0.416 e. The summed E-state index contributed by atoms with van der Waals surface area (Å²) < 4.78 is 44.7.